The highest BCUT2D eigenvalue weighted by Crippen LogP contribution is 2.42. The molecule has 5 rings (SSSR count). The molecule has 1 aliphatic rings. The van der Waals surface area contributed by atoms with Gasteiger partial charge in [0.15, 0.2) is 0 Å². The van der Waals surface area contributed by atoms with Gasteiger partial charge in [0.25, 0.3) is 0 Å². The zero-order chi connectivity index (χ0) is 32.6. The predicted molar refractivity (Wildman–Crippen MR) is 178 cm³/mol. The van der Waals surface area contributed by atoms with Crippen molar-refractivity contribution >= 4 is 29.1 Å². The second-order valence-corrected chi connectivity index (χ2v) is 11.6. The van der Waals surface area contributed by atoms with Crippen LogP contribution < -0.4 is 25.4 Å². The van der Waals surface area contributed by atoms with Gasteiger partial charge < -0.3 is 30.5 Å². The third-order valence-electron chi connectivity index (χ3n) is 7.89. The average Bonchev–Trinajstić information content (AvgIpc) is 3.50. The highest BCUT2D eigenvalue weighted by Gasteiger charge is 2.22. The number of nitrogens with one attached hydrogen (secondary N) is 3. The van der Waals surface area contributed by atoms with E-state index in [-0.39, 0.29) is 24.6 Å². The van der Waals surface area contributed by atoms with Gasteiger partial charge in [-0.05, 0) is 12.8 Å². The molecule has 13 heteroatoms. The van der Waals surface area contributed by atoms with Gasteiger partial charge in [0.2, 0.25) is 17.7 Å². The third-order valence-corrected chi connectivity index (χ3v) is 8.70. The molecule has 0 spiro atoms. The van der Waals surface area contributed by atoms with Crippen LogP contribution in [0.4, 0.5) is 0 Å². The molecule has 2 atom stereocenters. The van der Waals surface area contributed by atoms with Gasteiger partial charge in [0, 0.05) is 60.4 Å². The second kappa shape index (κ2) is 15.6. The summed E-state index contributed by atoms with van der Waals surface area (Å²) in [7, 11) is 3.10. The fourth-order valence-electron chi connectivity index (χ4n) is 5.27. The Balaban J connectivity index is 1.39. The molecule has 1 aliphatic heterocycles. The van der Waals surface area contributed by atoms with Crippen molar-refractivity contribution in [2.45, 2.75) is 51.4 Å². The highest BCUT2D eigenvalue weighted by atomic mass is 35.5. The van der Waals surface area contributed by atoms with Crippen LogP contribution in [0.15, 0.2) is 48.8 Å². The Kier molecular flexibility index (Phi) is 11.4. The van der Waals surface area contributed by atoms with Gasteiger partial charge in [-0.3, -0.25) is 14.8 Å². The highest BCUT2D eigenvalue weighted by molar-refractivity contribution is 6.39. The molecule has 242 valence electrons. The largest absolute Gasteiger partial charge is 0.480 e. The number of hydrogen-bond acceptors (Lipinski definition) is 10. The lowest BCUT2D eigenvalue weighted by Gasteiger charge is -2.16. The fourth-order valence-corrected chi connectivity index (χ4v) is 5.92. The number of hydrogen-bond donors (Lipinski definition) is 4. The van der Waals surface area contributed by atoms with Gasteiger partial charge in [0.05, 0.1) is 54.7 Å². The zero-order valence-electron chi connectivity index (χ0n) is 25.9. The van der Waals surface area contributed by atoms with Crippen molar-refractivity contribution in [3.63, 3.8) is 0 Å². The first-order valence-electron chi connectivity index (χ1n) is 15.1. The quantitative estimate of drug-likeness (QED) is 0.148. The molecule has 1 amide bonds. The number of carbonyl (C=O) groups is 1. The van der Waals surface area contributed by atoms with Crippen molar-refractivity contribution in [3.8, 4) is 45.4 Å². The van der Waals surface area contributed by atoms with E-state index in [9.17, 15) is 9.90 Å². The molecule has 0 bridgehead atoms. The Morgan fingerprint density at radius 3 is 1.93 bits per heavy atom. The van der Waals surface area contributed by atoms with E-state index in [0.29, 0.717) is 92.9 Å². The van der Waals surface area contributed by atoms with Gasteiger partial charge in [-0.15, -0.1) is 0 Å². The van der Waals surface area contributed by atoms with Crippen molar-refractivity contribution in [2.24, 2.45) is 0 Å². The van der Waals surface area contributed by atoms with Crippen molar-refractivity contribution in [1.29, 1.82) is 0 Å². The molecule has 1 fully saturated rings. The third kappa shape index (κ3) is 7.56. The molecule has 3 heterocycles. The molecule has 11 nitrogen and oxygen atoms in total. The molecule has 0 unspecified atom stereocenters. The number of nitrogens with zero attached hydrogens (tertiary/aromatic N) is 4. The number of aliphatic hydroxyl groups excluding tert-OH is 1. The number of halogens is 2. The molecule has 46 heavy (non-hydrogen) atoms. The summed E-state index contributed by atoms with van der Waals surface area (Å²) < 4.78 is 11.1. The number of ether oxygens (including phenoxy) is 2. The van der Waals surface area contributed by atoms with E-state index in [1.807, 2.05) is 43.3 Å². The number of amides is 1. The van der Waals surface area contributed by atoms with Crippen LogP contribution in [0, 0.1) is 0 Å². The number of aromatic nitrogens is 4. The Morgan fingerprint density at radius 2 is 1.46 bits per heavy atom. The summed E-state index contributed by atoms with van der Waals surface area (Å²) in [5.41, 5.74) is 5.14. The van der Waals surface area contributed by atoms with Crippen LogP contribution in [-0.4, -0.2) is 70.4 Å². The minimum Gasteiger partial charge on any atom is -0.480 e. The summed E-state index contributed by atoms with van der Waals surface area (Å²) in [6.07, 6.45) is 5.47. The van der Waals surface area contributed by atoms with Crippen LogP contribution in [0.1, 0.15) is 37.6 Å². The summed E-state index contributed by atoms with van der Waals surface area (Å²) in [4.78, 5) is 30.1. The van der Waals surface area contributed by atoms with Crippen molar-refractivity contribution in [3.05, 3.63) is 70.2 Å². The number of benzene rings is 2. The van der Waals surface area contributed by atoms with Crippen LogP contribution in [-0.2, 0) is 17.9 Å². The summed E-state index contributed by atoms with van der Waals surface area (Å²) in [5.74, 6) is 0.836. The Labute approximate surface area is 278 Å². The van der Waals surface area contributed by atoms with E-state index in [0.717, 1.165) is 12.8 Å². The van der Waals surface area contributed by atoms with E-state index in [2.05, 4.69) is 30.9 Å². The van der Waals surface area contributed by atoms with Gasteiger partial charge in [-0.1, -0.05) is 66.5 Å². The molecule has 0 saturated carbocycles. The summed E-state index contributed by atoms with van der Waals surface area (Å²) in [6, 6.07) is 11.4. The van der Waals surface area contributed by atoms with Crippen LogP contribution in [0.5, 0.6) is 11.8 Å². The summed E-state index contributed by atoms with van der Waals surface area (Å²) in [5, 5.41) is 19.9. The number of rotatable bonds is 14. The topological polar surface area (TPSA) is 143 Å². The van der Waals surface area contributed by atoms with Crippen LogP contribution in [0.25, 0.3) is 33.6 Å². The van der Waals surface area contributed by atoms with Gasteiger partial charge in [0.1, 0.15) is 11.4 Å². The Hall–Kier alpha value is -3.87. The first-order valence-corrected chi connectivity index (χ1v) is 15.8. The van der Waals surface area contributed by atoms with Crippen molar-refractivity contribution in [2.75, 3.05) is 27.4 Å². The molecule has 0 radical (unpaired) electrons. The maximum Gasteiger partial charge on any atom is 0.237 e. The number of carbonyl (C=O) groups excluding carboxylic acids is 1. The predicted octanol–water partition coefficient (Wildman–Crippen LogP) is 4.82. The van der Waals surface area contributed by atoms with Crippen molar-refractivity contribution in [1.82, 2.24) is 35.9 Å². The Morgan fingerprint density at radius 1 is 0.913 bits per heavy atom. The van der Waals surface area contributed by atoms with E-state index in [1.54, 1.807) is 26.6 Å². The van der Waals surface area contributed by atoms with Crippen molar-refractivity contribution < 1.29 is 19.4 Å². The maximum absolute atomic E-state index is 11.5. The van der Waals surface area contributed by atoms with E-state index in [1.165, 1.54) is 0 Å². The molecule has 1 saturated heterocycles. The number of aliphatic hydroxyl groups is 1. The normalized spacial score (nSPS) is 15.1. The second-order valence-electron chi connectivity index (χ2n) is 10.9. The smallest absolute Gasteiger partial charge is 0.237 e. The maximum atomic E-state index is 11.5. The number of methoxy groups -OCH3 is 2. The van der Waals surface area contributed by atoms with E-state index >= 15 is 0 Å². The SMILES string of the molecule is CC[C@@H](CO)NCc1ncc(-c2cccc(-c3cccc(-c4cnc(CNC[C@@H]5CCC(=O)N5)c(OC)n4)c3Cl)c2Cl)nc1OC. The summed E-state index contributed by atoms with van der Waals surface area (Å²) in [6.45, 7) is 3.50. The molecule has 2 aromatic carbocycles. The molecule has 4 aromatic rings. The molecular formula is C33H37Cl2N7O4. The lowest BCUT2D eigenvalue weighted by Crippen LogP contribution is -2.35. The van der Waals surface area contributed by atoms with Crippen LogP contribution in [0.2, 0.25) is 10.0 Å². The molecule has 2 aromatic heterocycles. The van der Waals surface area contributed by atoms with E-state index in [4.69, 9.17) is 37.7 Å². The minimum atomic E-state index is -0.0436. The first kappa shape index (κ1) is 33.5. The molecule has 4 N–H and O–H groups in total. The van der Waals surface area contributed by atoms with E-state index < -0.39 is 0 Å². The lowest BCUT2D eigenvalue weighted by molar-refractivity contribution is -0.119. The van der Waals surface area contributed by atoms with Gasteiger partial charge >= 0.3 is 0 Å². The van der Waals surface area contributed by atoms with Gasteiger partial charge in [-0.25, -0.2) is 9.97 Å². The average molecular weight is 667 g/mol. The fraction of sp³-hybridized carbons (Fsp3) is 0.364. The monoisotopic (exact) mass is 665 g/mol. The van der Waals surface area contributed by atoms with Gasteiger partial charge in [-0.2, -0.15) is 0 Å². The standard InChI is InChI=1S/C33H37Cl2N7O4/c1-4-19(18-43)37-17-28-33(46-3)42-26(16-39-28)24-10-6-8-22(31(24)35)21-7-5-9-23(30(21)34)25-15-38-27(32(41-25)45-2)14-36-13-20-11-12-29(44)40-20/h5-10,15-16,19-20,36-37,43H,4,11-14,17-18H2,1-3H3,(H,40,44)/t19-,20-/m0/s1. The lowest BCUT2D eigenvalue weighted by atomic mass is 9.98. The minimum absolute atomic E-state index is 0.0304. The zero-order valence-corrected chi connectivity index (χ0v) is 27.5. The van der Waals surface area contributed by atoms with Crippen LogP contribution >= 0.6 is 23.2 Å². The summed E-state index contributed by atoms with van der Waals surface area (Å²) >= 11 is 14.0. The molecule has 0 aliphatic carbocycles. The first-order chi connectivity index (χ1) is 22.4. The molecular weight excluding hydrogens is 629 g/mol. The Bertz CT molecular complexity index is 1690. The van der Waals surface area contributed by atoms with Crippen LogP contribution in [0.3, 0.4) is 0 Å².